The van der Waals surface area contributed by atoms with Crippen molar-refractivity contribution < 1.29 is 13.9 Å². The van der Waals surface area contributed by atoms with Gasteiger partial charge in [0.1, 0.15) is 5.82 Å². The molecule has 1 amide bonds. The van der Waals surface area contributed by atoms with Crippen molar-refractivity contribution >= 4 is 11.6 Å². The van der Waals surface area contributed by atoms with Gasteiger partial charge in [-0.2, -0.15) is 0 Å². The highest BCUT2D eigenvalue weighted by Gasteiger charge is 2.23. The lowest BCUT2D eigenvalue weighted by Gasteiger charge is -2.34. The van der Waals surface area contributed by atoms with Gasteiger partial charge in [-0.15, -0.1) is 0 Å². The minimum Gasteiger partial charge on any atom is -0.379 e. The fraction of sp³-hybridized carbons (Fsp3) is 0.500. The lowest BCUT2D eigenvalue weighted by atomic mass is 9.93. The van der Waals surface area contributed by atoms with E-state index in [0.717, 1.165) is 56.9 Å². The minimum absolute atomic E-state index is 0.00128. The molecule has 0 unspecified atom stereocenters. The van der Waals surface area contributed by atoms with E-state index < -0.39 is 0 Å². The summed E-state index contributed by atoms with van der Waals surface area (Å²) < 4.78 is 18.7. The van der Waals surface area contributed by atoms with Gasteiger partial charge in [0.25, 0.3) is 0 Å². The molecule has 1 heterocycles. The van der Waals surface area contributed by atoms with Crippen LogP contribution in [0.25, 0.3) is 0 Å². The Morgan fingerprint density at radius 2 is 1.62 bits per heavy atom. The highest BCUT2D eigenvalue weighted by atomic mass is 19.1. The number of anilines is 1. The summed E-state index contributed by atoms with van der Waals surface area (Å²) >= 11 is 0. The van der Waals surface area contributed by atoms with Crippen molar-refractivity contribution in [3.8, 4) is 0 Å². The highest BCUT2D eigenvalue weighted by molar-refractivity contribution is 5.92. The van der Waals surface area contributed by atoms with Crippen molar-refractivity contribution in [1.82, 2.24) is 9.80 Å². The molecule has 1 saturated heterocycles. The Hall–Kier alpha value is -2.28. The van der Waals surface area contributed by atoms with Gasteiger partial charge in [0, 0.05) is 37.9 Å². The minimum atomic E-state index is -0.229. The van der Waals surface area contributed by atoms with Crippen LogP contribution in [0.1, 0.15) is 43.2 Å². The first-order chi connectivity index (χ1) is 15.7. The Labute approximate surface area is 190 Å². The molecular weight excluding hydrogens is 405 g/mol. The van der Waals surface area contributed by atoms with E-state index in [1.165, 1.54) is 37.0 Å². The summed E-state index contributed by atoms with van der Waals surface area (Å²) in [7, 11) is 0. The molecule has 4 rings (SSSR count). The molecule has 2 aromatic carbocycles. The van der Waals surface area contributed by atoms with Crippen LogP contribution < -0.4 is 5.32 Å². The van der Waals surface area contributed by atoms with E-state index in [9.17, 15) is 9.18 Å². The summed E-state index contributed by atoms with van der Waals surface area (Å²) in [6.45, 7) is 5.43. The van der Waals surface area contributed by atoms with E-state index in [4.69, 9.17) is 4.74 Å². The van der Waals surface area contributed by atoms with Gasteiger partial charge in [0.2, 0.25) is 5.91 Å². The lowest BCUT2D eigenvalue weighted by molar-refractivity contribution is -0.118. The third kappa shape index (κ3) is 6.86. The Kier molecular flexibility index (Phi) is 8.26. The predicted octanol–water partition coefficient (Wildman–Crippen LogP) is 4.43. The number of morpholine rings is 1. The summed E-state index contributed by atoms with van der Waals surface area (Å²) in [5.74, 6) is -0.230. The molecule has 0 aromatic heterocycles. The average Bonchev–Trinajstić information content (AvgIpc) is 2.82. The number of ether oxygens (including phenoxy) is 1. The molecule has 0 radical (unpaired) electrons. The van der Waals surface area contributed by atoms with Crippen molar-refractivity contribution in [3.05, 3.63) is 65.5 Å². The second kappa shape index (κ2) is 11.5. The molecule has 32 heavy (non-hydrogen) atoms. The summed E-state index contributed by atoms with van der Waals surface area (Å²) in [5, 5.41) is 3.06. The normalized spacial score (nSPS) is 18.1. The maximum absolute atomic E-state index is 13.3. The topological polar surface area (TPSA) is 44.8 Å². The maximum Gasteiger partial charge on any atom is 0.238 e. The fourth-order valence-electron chi connectivity index (χ4n) is 4.68. The third-order valence-electron chi connectivity index (χ3n) is 6.48. The van der Waals surface area contributed by atoms with Crippen LogP contribution in [-0.2, 0) is 22.6 Å². The van der Waals surface area contributed by atoms with Crippen molar-refractivity contribution in [2.24, 2.45) is 0 Å². The summed E-state index contributed by atoms with van der Waals surface area (Å²) in [4.78, 5) is 17.5. The second-order valence-corrected chi connectivity index (χ2v) is 8.96. The molecule has 2 fully saturated rings. The molecule has 0 spiro atoms. The van der Waals surface area contributed by atoms with E-state index in [0.29, 0.717) is 19.1 Å². The number of benzene rings is 2. The van der Waals surface area contributed by atoms with E-state index in [-0.39, 0.29) is 11.7 Å². The standard InChI is InChI=1S/C26H34FN3O2/c27-23-10-6-22(7-11-23)19-30(25-4-2-1-3-5-25)20-26(31)28-24-12-8-21(9-13-24)18-29-14-16-32-17-15-29/h6-13,25H,1-5,14-20H2,(H,28,31). The first-order valence-corrected chi connectivity index (χ1v) is 11.8. The highest BCUT2D eigenvalue weighted by Crippen LogP contribution is 2.24. The Morgan fingerprint density at radius 3 is 2.31 bits per heavy atom. The van der Waals surface area contributed by atoms with Crippen molar-refractivity contribution in [1.29, 1.82) is 0 Å². The molecule has 5 nitrogen and oxygen atoms in total. The van der Waals surface area contributed by atoms with E-state index in [1.54, 1.807) is 0 Å². The molecule has 172 valence electrons. The molecule has 1 aliphatic heterocycles. The molecule has 1 aliphatic carbocycles. The van der Waals surface area contributed by atoms with Gasteiger partial charge in [-0.05, 0) is 48.2 Å². The van der Waals surface area contributed by atoms with Crippen LogP contribution in [0.4, 0.5) is 10.1 Å². The third-order valence-corrected chi connectivity index (χ3v) is 6.48. The maximum atomic E-state index is 13.3. The van der Waals surface area contributed by atoms with E-state index >= 15 is 0 Å². The van der Waals surface area contributed by atoms with E-state index in [2.05, 4.69) is 27.2 Å². The summed E-state index contributed by atoms with van der Waals surface area (Å²) in [5.41, 5.74) is 3.10. The Balaban J connectivity index is 1.34. The molecule has 1 saturated carbocycles. The van der Waals surface area contributed by atoms with Crippen LogP contribution in [0.3, 0.4) is 0 Å². The Bertz CT molecular complexity index is 844. The molecule has 2 aromatic rings. The van der Waals surface area contributed by atoms with Crippen LogP contribution in [-0.4, -0.2) is 54.6 Å². The number of nitrogens with zero attached hydrogens (tertiary/aromatic N) is 2. The van der Waals surface area contributed by atoms with Crippen LogP contribution in [0.5, 0.6) is 0 Å². The first-order valence-electron chi connectivity index (χ1n) is 11.8. The Morgan fingerprint density at radius 1 is 0.969 bits per heavy atom. The number of carbonyl (C=O) groups is 1. The molecule has 0 bridgehead atoms. The lowest BCUT2D eigenvalue weighted by Crippen LogP contribution is -2.41. The molecule has 2 aliphatic rings. The zero-order chi connectivity index (χ0) is 22.2. The average molecular weight is 440 g/mol. The van der Waals surface area contributed by atoms with Crippen LogP contribution in [0.2, 0.25) is 0 Å². The van der Waals surface area contributed by atoms with Gasteiger partial charge < -0.3 is 10.1 Å². The van der Waals surface area contributed by atoms with Crippen molar-refractivity contribution in [3.63, 3.8) is 0 Å². The van der Waals surface area contributed by atoms with E-state index in [1.807, 2.05) is 24.3 Å². The SMILES string of the molecule is O=C(CN(Cc1ccc(F)cc1)C1CCCCC1)Nc1ccc(CN2CCOCC2)cc1. The van der Waals surface area contributed by atoms with Crippen LogP contribution in [0.15, 0.2) is 48.5 Å². The molecular formula is C26H34FN3O2. The largest absolute Gasteiger partial charge is 0.379 e. The molecule has 6 heteroatoms. The second-order valence-electron chi connectivity index (χ2n) is 8.96. The predicted molar refractivity (Wildman–Crippen MR) is 125 cm³/mol. The van der Waals surface area contributed by atoms with Gasteiger partial charge in [-0.3, -0.25) is 14.6 Å². The van der Waals surface area contributed by atoms with Crippen molar-refractivity contribution in [2.45, 2.75) is 51.2 Å². The fourth-order valence-corrected chi connectivity index (χ4v) is 4.68. The van der Waals surface area contributed by atoms with Crippen molar-refractivity contribution in [2.75, 3.05) is 38.2 Å². The quantitative estimate of drug-likeness (QED) is 0.661. The van der Waals surface area contributed by atoms with Gasteiger partial charge in [0.05, 0.1) is 19.8 Å². The van der Waals surface area contributed by atoms with Gasteiger partial charge in [-0.1, -0.05) is 43.5 Å². The number of rotatable bonds is 8. The summed E-state index contributed by atoms with van der Waals surface area (Å²) in [6.07, 6.45) is 5.91. The zero-order valence-corrected chi connectivity index (χ0v) is 18.8. The van der Waals surface area contributed by atoms with Crippen LogP contribution in [0, 0.1) is 5.82 Å². The number of carbonyl (C=O) groups excluding carboxylic acids is 1. The monoisotopic (exact) mass is 439 g/mol. The number of amides is 1. The smallest absolute Gasteiger partial charge is 0.238 e. The van der Waals surface area contributed by atoms with Crippen LogP contribution >= 0.6 is 0 Å². The zero-order valence-electron chi connectivity index (χ0n) is 18.8. The van der Waals surface area contributed by atoms with Gasteiger partial charge >= 0.3 is 0 Å². The van der Waals surface area contributed by atoms with Gasteiger partial charge in [-0.25, -0.2) is 4.39 Å². The first kappa shape index (κ1) is 22.9. The number of hydrogen-bond donors (Lipinski definition) is 1. The molecule has 1 N–H and O–H groups in total. The molecule has 0 atom stereocenters. The van der Waals surface area contributed by atoms with Gasteiger partial charge in [0.15, 0.2) is 0 Å². The number of hydrogen-bond acceptors (Lipinski definition) is 4. The number of nitrogens with one attached hydrogen (secondary N) is 1. The summed E-state index contributed by atoms with van der Waals surface area (Å²) in [6, 6.07) is 15.2. The number of halogens is 1.